The topological polar surface area (TPSA) is 74.5 Å². The average molecular weight is 293 g/mol. The summed E-state index contributed by atoms with van der Waals surface area (Å²) >= 11 is 0. The number of carbonyl (C=O) groups excluding carboxylic acids is 1. The van der Waals surface area contributed by atoms with E-state index in [1.165, 1.54) is 0 Å². The van der Waals surface area contributed by atoms with Gasteiger partial charge in [0.05, 0.1) is 12.8 Å². The first kappa shape index (κ1) is 15.3. The van der Waals surface area contributed by atoms with E-state index in [4.69, 9.17) is 10.00 Å². The molecule has 110 valence electrons. The van der Waals surface area contributed by atoms with Crippen LogP contribution in [0.3, 0.4) is 0 Å². The molecule has 0 unspecified atom stereocenters. The van der Waals surface area contributed by atoms with Crippen molar-refractivity contribution in [3.05, 3.63) is 59.7 Å². The van der Waals surface area contributed by atoms with Gasteiger partial charge in [0.2, 0.25) is 11.5 Å². The number of Topliss-reactive ketones (excluding diaryl/α,β-unsaturated/α-hetero) is 1. The minimum absolute atomic E-state index is 0.202. The van der Waals surface area contributed by atoms with E-state index in [-0.39, 0.29) is 5.71 Å². The minimum atomic E-state index is -0.440. The van der Waals surface area contributed by atoms with Gasteiger partial charge < -0.3 is 4.74 Å². The SMILES string of the molecule is COc1ccc(C(=O)/C(C#N)=N\Nc2cccc(C)c2)cc1. The van der Waals surface area contributed by atoms with Gasteiger partial charge in [-0.1, -0.05) is 12.1 Å². The van der Waals surface area contributed by atoms with Gasteiger partial charge in [0.15, 0.2) is 0 Å². The second-order valence-electron chi connectivity index (χ2n) is 4.61. The van der Waals surface area contributed by atoms with Crippen LogP contribution < -0.4 is 10.2 Å². The highest BCUT2D eigenvalue weighted by molar-refractivity contribution is 6.51. The Hall–Kier alpha value is -3.13. The first-order chi connectivity index (χ1) is 10.6. The summed E-state index contributed by atoms with van der Waals surface area (Å²) in [4.78, 5) is 12.2. The molecule has 0 aliphatic carbocycles. The smallest absolute Gasteiger partial charge is 0.223 e. The summed E-state index contributed by atoms with van der Waals surface area (Å²) in [6, 6.07) is 15.8. The molecular weight excluding hydrogens is 278 g/mol. The van der Waals surface area contributed by atoms with Crippen molar-refractivity contribution in [2.45, 2.75) is 6.92 Å². The maximum absolute atomic E-state index is 12.2. The highest BCUT2D eigenvalue weighted by Gasteiger charge is 2.14. The number of methoxy groups -OCH3 is 1. The number of ether oxygens (including phenoxy) is 1. The molecule has 0 aromatic heterocycles. The van der Waals surface area contributed by atoms with Gasteiger partial charge in [-0.15, -0.1) is 0 Å². The molecule has 2 aromatic rings. The van der Waals surface area contributed by atoms with Gasteiger partial charge in [0.25, 0.3) is 0 Å². The Balaban J connectivity index is 2.17. The zero-order valence-electron chi connectivity index (χ0n) is 12.3. The molecule has 0 radical (unpaired) electrons. The summed E-state index contributed by atoms with van der Waals surface area (Å²) in [5, 5.41) is 13.0. The van der Waals surface area contributed by atoms with E-state index in [2.05, 4.69) is 10.5 Å². The number of anilines is 1. The first-order valence-corrected chi connectivity index (χ1v) is 6.63. The van der Waals surface area contributed by atoms with Gasteiger partial charge >= 0.3 is 0 Å². The Labute approximate surface area is 128 Å². The van der Waals surface area contributed by atoms with Gasteiger partial charge in [-0.3, -0.25) is 10.2 Å². The van der Waals surface area contributed by atoms with Gasteiger partial charge in [-0.25, -0.2) is 0 Å². The maximum atomic E-state index is 12.2. The van der Waals surface area contributed by atoms with E-state index in [1.807, 2.05) is 37.3 Å². The fraction of sp³-hybridized carbons (Fsp3) is 0.118. The fourth-order valence-electron chi connectivity index (χ4n) is 1.84. The molecule has 0 saturated heterocycles. The predicted octanol–water partition coefficient (Wildman–Crippen LogP) is 3.18. The number of aryl methyl sites for hydroxylation is 1. The minimum Gasteiger partial charge on any atom is -0.497 e. The van der Waals surface area contributed by atoms with Crippen LogP contribution in [0.25, 0.3) is 0 Å². The predicted molar refractivity (Wildman–Crippen MR) is 85.2 cm³/mol. The Morgan fingerprint density at radius 2 is 1.95 bits per heavy atom. The quantitative estimate of drug-likeness (QED) is 0.522. The summed E-state index contributed by atoms with van der Waals surface area (Å²) in [5.74, 6) is 0.204. The van der Waals surface area contributed by atoms with E-state index in [0.717, 1.165) is 11.3 Å². The molecule has 22 heavy (non-hydrogen) atoms. The van der Waals surface area contributed by atoms with Gasteiger partial charge in [-0.2, -0.15) is 10.4 Å². The zero-order chi connectivity index (χ0) is 15.9. The van der Waals surface area contributed by atoms with Crippen molar-refractivity contribution in [3.63, 3.8) is 0 Å². The highest BCUT2D eigenvalue weighted by Crippen LogP contribution is 2.13. The molecular formula is C17H15N3O2. The van der Waals surface area contributed by atoms with Crippen LogP contribution in [-0.4, -0.2) is 18.6 Å². The van der Waals surface area contributed by atoms with E-state index in [9.17, 15) is 4.79 Å². The Morgan fingerprint density at radius 1 is 1.23 bits per heavy atom. The number of benzene rings is 2. The second kappa shape index (κ2) is 7.04. The lowest BCUT2D eigenvalue weighted by atomic mass is 10.1. The lowest BCUT2D eigenvalue weighted by Crippen LogP contribution is -2.14. The molecule has 0 aliphatic heterocycles. The lowest BCUT2D eigenvalue weighted by molar-refractivity contribution is 0.106. The van der Waals surface area contributed by atoms with Gasteiger partial charge in [-0.05, 0) is 48.9 Å². The Bertz CT molecular complexity index is 743. The van der Waals surface area contributed by atoms with Crippen molar-refractivity contribution in [1.82, 2.24) is 0 Å². The van der Waals surface area contributed by atoms with E-state index in [0.29, 0.717) is 11.3 Å². The molecule has 2 aromatic carbocycles. The molecule has 0 heterocycles. The van der Waals surface area contributed by atoms with Crippen molar-refractivity contribution in [3.8, 4) is 11.8 Å². The molecule has 2 rings (SSSR count). The molecule has 0 saturated carbocycles. The number of nitriles is 1. The summed E-state index contributed by atoms with van der Waals surface area (Å²) in [6.07, 6.45) is 0. The van der Waals surface area contributed by atoms with E-state index in [1.54, 1.807) is 31.4 Å². The number of carbonyl (C=O) groups is 1. The van der Waals surface area contributed by atoms with Crippen molar-refractivity contribution in [1.29, 1.82) is 5.26 Å². The average Bonchev–Trinajstić information content (AvgIpc) is 2.55. The molecule has 1 N–H and O–H groups in total. The number of hydrogen-bond acceptors (Lipinski definition) is 5. The standard InChI is InChI=1S/C17H15N3O2/c1-12-4-3-5-14(10-12)19-20-16(11-18)17(21)13-6-8-15(22-2)9-7-13/h3-10,19H,1-2H3/b20-16-. The van der Waals surface area contributed by atoms with Gasteiger partial charge in [0.1, 0.15) is 11.8 Å². The highest BCUT2D eigenvalue weighted by atomic mass is 16.5. The number of nitrogens with one attached hydrogen (secondary N) is 1. The largest absolute Gasteiger partial charge is 0.497 e. The molecule has 0 atom stereocenters. The van der Waals surface area contributed by atoms with Crippen LogP contribution in [-0.2, 0) is 0 Å². The molecule has 0 spiro atoms. The zero-order valence-corrected chi connectivity index (χ0v) is 12.3. The summed E-state index contributed by atoms with van der Waals surface area (Å²) in [7, 11) is 1.55. The van der Waals surface area contributed by atoms with Crippen molar-refractivity contribution >= 4 is 17.2 Å². The molecule has 0 bridgehead atoms. The Kier molecular flexibility index (Phi) is 4.89. The first-order valence-electron chi connectivity index (χ1n) is 6.63. The third kappa shape index (κ3) is 3.70. The van der Waals surface area contributed by atoms with Crippen LogP contribution in [0.15, 0.2) is 53.6 Å². The lowest BCUT2D eigenvalue weighted by Gasteiger charge is -2.03. The van der Waals surface area contributed by atoms with Crippen LogP contribution in [0, 0.1) is 18.3 Å². The van der Waals surface area contributed by atoms with Crippen LogP contribution in [0.1, 0.15) is 15.9 Å². The van der Waals surface area contributed by atoms with Gasteiger partial charge in [0, 0.05) is 5.56 Å². The van der Waals surface area contributed by atoms with E-state index >= 15 is 0 Å². The van der Waals surface area contributed by atoms with Crippen LogP contribution in [0.5, 0.6) is 5.75 Å². The molecule has 5 heteroatoms. The van der Waals surface area contributed by atoms with Crippen LogP contribution in [0.4, 0.5) is 5.69 Å². The summed E-state index contributed by atoms with van der Waals surface area (Å²) in [5.41, 5.74) is 4.68. The number of nitrogens with zero attached hydrogens (tertiary/aromatic N) is 2. The van der Waals surface area contributed by atoms with E-state index < -0.39 is 5.78 Å². The summed E-state index contributed by atoms with van der Waals surface area (Å²) < 4.78 is 5.03. The molecule has 0 amide bonds. The van der Waals surface area contributed by atoms with Crippen molar-refractivity contribution < 1.29 is 9.53 Å². The Morgan fingerprint density at radius 3 is 2.55 bits per heavy atom. The van der Waals surface area contributed by atoms with Crippen LogP contribution in [0.2, 0.25) is 0 Å². The van der Waals surface area contributed by atoms with Crippen LogP contribution >= 0.6 is 0 Å². The third-order valence-electron chi connectivity index (χ3n) is 2.99. The monoisotopic (exact) mass is 293 g/mol. The number of rotatable bonds is 5. The fourth-order valence-corrected chi connectivity index (χ4v) is 1.84. The number of hydrazone groups is 1. The van der Waals surface area contributed by atoms with Crippen molar-refractivity contribution in [2.24, 2.45) is 5.10 Å². The number of ketones is 1. The molecule has 0 fully saturated rings. The normalized spacial score (nSPS) is 10.7. The van der Waals surface area contributed by atoms with Crippen molar-refractivity contribution in [2.75, 3.05) is 12.5 Å². The molecule has 0 aliphatic rings. The maximum Gasteiger partial charge on any atom is 0.223 e. The summed E-state index contributed by atoms with van der Waals surface area (Å²) in [6.45, 7) is 1.95. The third-order valence-corrected chi connectivity index (χ3v) is 2.99. The number of hydrogen-bond donors (Lipinski definition) is 1. The molecule has 5 nitrogen and oxygen atoms in total. The second-order valence-corrected chi connectivity index (χ2v) is 4.61.